The summed E-state index contributed by atoms with van der Waals surface area (Å²) in [4.78, 5) is 0. The Bertz CT molecular complexity index is 450. The molecule has 2 nitrogen and oxygen atoms in total. The van der Waals surface area contributed by atoms with Crippen LogP contribution < -0.4 is 10.1 Å². The van der Waals surface area contributed by atoms with E-state index in [1.165, 1.54) is 43.2 Å². The number of rotatable bonds is 4. The van der Waals surface area contributed by atoms with Gasteiger partial charge in [-0.15, -0.1) is 0 Å². The second-order valence-corrected chi connectivity index (χ2v) is 6.78. The van der Waals surface area contributed by atoms with Crippen LogP contribution in [-0.4, -0.2) is 13.2 Å². The van der Waals surface area contributed by atoms with E-state index in [1.807, 2.05) is 0 Å². The third-order valence-electron chi connectivity index (χ3n) is 4.34. The summed E-state index contributed by atoms with van der Waals surface area (Å²) in [6, 6.07) is 4.91. The van der Waals surface area contributed by atoms with Gasteiger partial charge in [-0.1, -0.05) is 12.5 Å². The van der Waals surface area contributed by atoms with Crippen molar-refractivity contribution >= 4 is 15.9 Å². The summed E-state index contributed by atoms with van der Waals surface area (Å²) in [6.45, 7) is 4.15. The highest BCUT2D eigenvalue weighted by Crippen LogP contribution is 2.38. The molecule has 1 unspecified atom stereocenters. The van der Waals surface area contributed by atoms with Gasteiger partial charge in [-0.25, -0.2) is 0 Å². The molecule has 104 valence electrons. The van der Waals surface area contributed by atoms with Gasteiger partial charge in [0.15, 0.2) is 0 Å². The molecule has 1 saturated heterocycles. The van der Waals surface area contributed by atoms with Crippen molar-refractivity contribution in [2.75, 3.05) is 13.2 Å². The summed E-state index contributed by atoms with van der Waals surface area (Å²) in [5.74, 6) is 1.84. The predicted molar refractivity (Wildman–Crippen MR) is 81.7 cm³/mol. The molecule has 0 bridgehead atoms. The number of halogens is 1. The fourth-order valence-corrected chi connectivity index (χ4v) is 3.68. The number of aryl methyl sites for hydroxylation is 1. The lowest BCUT2D eigenvalue weighted by molar-refractivity contribution is 0.178. The molecule has 3 heteroatoms. The van der Waals surface area contributed by atoms with Crippen molar-refractivity contribution in [3.8, 4) is 5.75 Å². The second-order valence-electron chi connectivity index (χ2n) is 5.92. The van der Waals surface area contributed by atoms with Crippen molar-refractivity contribution in [2.45, 2.75) is 45.1 Å². The van der Waals surface area contributed by atoms with E-state index >= 15 is 0 Å². The molecule has 1 atom stereocenters. The summed E-state index contributed by atoms with van der Waals surface area (Å²) < 4.78 is 7.26. The molecule has 19 heavy (non-hydrogen) atoms. The van der Waals surface area contributed by atoms with Crippen LogP contribution in [0.5, 0.6) is 5.75 Å². The second kappa shape index (κ2) is 5.84. The highest BCUT2D eigenvalue weighted by Gasteiger charge is 2.24. The zero-order valence-corrected chi connectivity index (χ0v) is 13.1. The number of hydrogen-bond donors (Lipinski definition) is 1. The minimum Gasteiger partial charge on any atom is -0.492 e. The number of nitrogens with one attached hydrogen (secondary N) is 1. The van der Waals surface area contributed by atoms with Gasteiger partial charge in [0, 0.05) is 11.6 Å². The molecule has 1 heterocycles. The van der Waals surface area contributed by atoms with Crippen LogP contribution in [0.4, 0.5) is 0 Å². The average molecular weight is 324 g/mol. The normalized spacial score (nSPS) is 23.4. The molecule has 1 aliphatic carbocycles. The highest BCUT2D eigenvalue weighted by molar-refractivity contribution is 9.10. The van der Waals surface area contributed by atoms with E-state index in [4.69, 9.17) is 4.74 Å². The Morgan fingerprint density at radius 2 is 2.11 bits per heavy atom. The van der Waals surface area contributed by atoms with E-state index in [0.717, 1.165) is 29.3 Å². The number of ether oxygens (including phenoxy) is 1. The summed E-state index contributed by atoms with van der Waals surface area (Å²) in [6.07, 6.45) is 6.52. The Hall–Kier alpha value is -0.540. The zero-order chi connectivity index (χ0) is 13.2. The van der Waals surface area contributed by atoms with Crippen LogP contribution in [0, 0.1) is 12.8 Å². The van der Waals surface area contributed by atoms with Gasteiger partial charge in [-0.2, -0.15) is 0 Å². The summed E-state index contributed by atoms with van der Waals surface area (Å²) in [7, 11) is 0. The van der Waals surface area contributed by atoms with Gasteiger partial charge < -0.3 is 10.1 Å². The van der Waals surface area contributed by atoms with Crippen molar-refractivity contribution < 1.29 is 4.74 Å². The highest BCUT2D eigenvalue weighted by atomic mass is 79.9. The third kappa shape index (κ3) is 2.97. The Morgan fingerprint density at radius 1 is 1.26 bits per heavy atom. The van der Waals surface area contributed by atoms with Crippen LogP contribution in [0.2, 0.25) is 0 Å². The molecule has 3 rings (SSSR count). The summed E-state index contributed by atoms with van der Waals surface area (Å²) in [5, 5.41) is 3.58. The van der Waals surface area contributed by atoms with Crippen LogP contribution in [0.25, 0.3) is 0 Å². The molecule has 0 spiro atoms. The first-order valence-electron chi connectivity index (χ1n) is 7.40. The molecule has 1 saturated carbocycles. The van der Waals surface area contributed by atoms with Gasteiger partial charge in [0.25, 0.3) is 0 Å². The molecule has 0 radical (unpaired) electrons. The van der Waals surface area contributed by atoms with Crippen LogP contribution in [0.15, 0.2) is 16.6 Å². The lowest BCUT2D eigenvalue weighted by Crippen LogP contribution is -2.21. The zero-order valence-electron chi connectivity index (χ0n) is 11.5. The first-order valence-corrected chi connectivity index (χ1v) is 8.19. The number of benzene rings is 1. The van der Waals surface area contributed by atoms with E-state index < -0.39 is 0 Å². The SMILES string of the molecule is Cc1cc(Br)c(OCC2CCC2)c(C2CCCN2)c1. The monoisotopic (exact) mass is 323 g/mol. The molecule has 0 aromatic heterocycles. The quantitative estimate of drug-likeness (QED) is 0.888. The molecular weight excluding hydrogens is 302 g/mol. The molecule has 1 aliphatic heterocycles. The largest absolute Gasteiger partial charge is 0.492 e. The van der Waals surface area contributed by atoms with Crippen LogP contribution in [0.3, 0.4) is 0 Å². The summed E-state index contributed by atoms with van der Waals surface area (Å²) in [5.41, 5.74) is 2.63. The fraction of sp³-hybridized carbons (Fsp3) is 0.625. The molecule has 2 fully saturated rings. The Labute approximate surface area is 124 Å². The van der Waals surface area contributed by atoms with Gasteiger partial charge in [0.2, 0.25) is 0 Å². The van der Waals surface area contributed by atoms with Crippen molar-refractivity contribution in [2.24, 2.45) is 5.92 Å². The molecule has 1 aromatic carbocycles. The lowest BCUT2D eigenvalue weighted by Gasteiger charge is -2.27. The minimum absolute atomic E-state index is 0.465. The van der Waals surface area contributed by atoms with Crippen LogP contribution >= 0.6 is 15.9 Å². The van der Waals surface area contributed by atoms with Crippen molar-refractivity contribution in [1.29, 1.82) is 0 Å². The molecule has 1 N–H and O–H groups in total. The van der Waals surface area contributed by atoms with E-state index in [-0.39, 0.29) is 0 Å². The summed E-state index contributed by atoms with van der Waals surface area (Å²) >= 11 is 3.68. The Morgan fingerprint density at radius 3 is 2.74 bits per heavy atom. The topological polar surface area (TPSA) is 21.3 Å². The molecule has 0 amide bonds. The fourth-order valence-electron chi connectivity index (χ4n) is 2.98. The van der Waals surface area contributed by atoms with Crippen molar-refractivity contribution in [3.05, 3.63) is 27.7 Å². The van der Waals surface area contributed by atoms with E-state index in [9.17, 15) is 0 Å². The van der Waals surface area contributed by atoms with Gasteiger partial charge >= 0.3 is 0 Å². The molecule has 2 aliphatic rings. The maximum atomic E-state index is 6.15. The Kier molecular flexibility index (Phi) is 4.13. The van der Waals surface area contributed by atoms with Gasteiger partial charge in [0.05, 0.1) is 11.1 Å². The van der Waals surface area contributed by atoms with Gasteiger partial charge in [0.1, 0.15) is 5.75 Å². The van der Waals surface area contributed by atoms with E-state index in [1.54, 1.807) is 0 Å². The van der Waals surface area contributed by atoms with E-state index in [0.29, 0.717) is 6.04 Å². The third-order valence-corrected chi connectivity index (χ3v) is 4.93. The van der Waals surface area contributed by atoms with Crippen molar-refractivity contribution in [1.82, 2.24) is 5.32 Å². The standard InChI is InChI=1S/C16H22BrNO/c1-11-8-13(15-6-3-7-18-15)16(14(17)9-11)19-10-12-4-2-5-12/h8-9,12,15,18H,2-7,10H2,1H3. The number of hydrogen-bond acceptors (Lipinski definition) is 2. The van der Waals surface area contributed by atoms with Gasteiger partial charge in [-0.05, 0) is 72.6 Å². The maximum Gasteiger partial charge on any atom is 0.138 e. The van der Waals surface area contributed by atoms with Crippen molar-refractivity contribution in [3.63, 3.8) is 0 Å². The van der Waals surface area contributed by atoms with Crippen LogP contribution in [-0.2, 0) is 0 Å². The first-order chi connectivity index (χ1) is 9.24. The van der Waals surface area contributed by atoms with Crippen LogP contribution in [0.1, 0.15) is 49.3 Å². The predicted octanol–water partition coefficient (Wildman–Crippen LogP) is 4.36. The molecular formula is C16H22BrNO. The smallest absolute Gasteiger partial charge is 0.138 e. The minimum atomic E-state index is 0.465. The van der Waals surface area contributed by atoms with Gasteiger partial charge in [-0.3, -0.25) is 0 Å². The maximum absolute atomic E-state index is 6.15. The van der Waals surface area contributed by atoms with E-state index in [2.05, 4.69) is 40.3 Å². The Balaban J connectivity index is 1.81. The first kappa shape index (κ1) is 13.4. The lowest BCUT2D eigenvalue weighted by atomic mass is 9.86. The average Bonchev–Trinajstić information content (AvgIpc) is 2.82. The molecule has 1 aromatic rings.